The van der Waals surface area contributed by atoms with E-state index in [-0.39, 0.29) is 11.1 Å². The summed E-state index contributed by atoms with van der Waals surface area (Å²) in [4.78, 5) is 36.6. The van der Waals surface area contributed by atoms with Gasteiger partial charge in [0, 0.05) is 10.7 Å². The number of hydrogen-bond acceptors (Lipinski definition) is 5. The van der Waals surface area contributed by atoms with Gasteiger partial charge in [-0.25, -0.2) is 9.59 Å². The molecule has 7 nitrogen and oxygen atoms in total. The molecule has 3 rings (SSSR count). The summed E-state index contributed by atoms with van der Waals surface area (Å²) in [5, 5.41) is 3.30. The second kappa shape index (κ2) is 7.28. The molecule has 1 amide bonds. The topological polar surface area (TPSA) is 90.5 Å². The molecule has 0 aliphatic rings. The number of anilines is 1. The Kier molecular flexibility index (Phi) is 5.05. The van der Waals surface area contributed by atoms with E-state index in [4.69, 9.17) is 16.0 Å². The van der Waals surface area contributed by atoms with E-state index in [2.05, 4.69) is 10.1 Å². The van der Waals surface area contributed by atoms with Crippen LogP contribution >= 0.6 is 11.6 Å². The monoisotopic (exact) mass is 388 g/mol. The number of benzene rings is 2. The zero-order valence-corrected chi connectivity index (χ0v) is 15.7. The van der Waals surface area contributed by atoms with Crippen molar-refractivity contribution < 1.29 is 18.7 Å². The molecule has 1 atom stereocenters. The predicted octanol–water partition coefficient (Wildman–Crippen LogP) is 3.54. The van der Waals surface area contributed by atoms with E-state index >= 15 is 0 Å². The lowest BCUT2D eigenvalue weighted by molar-refractivity contribution is -0.118. The third kappa shape index (κ3) is 3.46. The quantitative estimate of drug-likeness (QED) is 0.690. The molecule has 0 aliphatic carbocycles. The van der Waals surface area contributed by atoms with Crippen LogP contribution in [0.3, 0.4) is 0 Å². The van der Waals surface area contributed by atoms with Crippen LogP contribution < -0.4 is 11.1 Å². The molecule has 1 N–H and O–H groups in total. The third-order valence-electron chi connectivity index (χ3n) is 4.33. The summed E-state index contributed by atoms with van der Waals surface area (Å²) in [7, 11) is 1.26. The van der Waals surface area contributed by atoms with E-state index in [0.717, 1.165) is 5.56 Å². The largest absolute Gasteiger partial charge is 0.465 e. The number of carbonyl (C=O) groups excluding carboxylic acids is 2. The van der Waals surface area contributed by atoms with Gasteiger partial charge in [0.2, 0.25) is 5.91 Å². The van der Waals surface area contributed by atoms with Crippen LogP contribution in [0.2, 0.25) is 5.02 Å². The normalized spacial score (nSPS) is 12.0. The van der Waals surface area contributed by atoms with Crippen molar-refractivity contribution in [3.8, 4) is 0 Å². The minimum absolute atomic E-state index is 0.196. The van der Waals surface area contributed by atoms with E-state index in [0.29, 0.717) is 16.2 Å². The first kappa shape index (κ1) is 18.7. The Balaban J connectivity index is 1.95. The molecule has 0 saturated heterocycles. The highest BCUT2D eigenvalue weighted by Crippen LogP contribution is 2.25. The van der Waals surface area contributed by atoms with Gasteiger partial charge >= 0.3 is 11.7 Å². The first-order valence-electron chi connectivity index (χ1n) is 8.13. The molecule has 140 valence electrons. The molecule has 1 aromatic heterocycles. The SMILES string of the molecule is COC(=O)c1ccc2c(c1)oc(=O)n2C(C)C(=O)Nc1cccc(Cl)c1C. The molecular weight excluding hydrogens is 372 g/mol. The highest BCUT2D eigenvalue weighted by molar-refractivity contribution is 6.31. The number of nitrogens with zero attached hydrogens (tertiary/aromatic N) is 1. The van der Waals surface area contributed by atoms with Crippen molar-refractivity contribution in [2.24, 2.45) is 0 Å². The van der Waals surface area contributed by atoms with Crippen LogP contribution in [-0.2, 0) is 9.53 Å². The van der Waals surface area contributed by atoms with Gasteiger partial charge in [0.25, 0.3) is 0 Å². The van der Waals surface area contributed by atoms with Crippen LogP contribution in [0.5, 0.6) is 0 Å². The summed E-state index contributed by atoms with van der Waals surface area (Å²) in [6.07, 6.45) is 0. The maximum absolute atomic E-state index is 12.7. The fraction of sp³-hybridized carbons (Fsp3) is 0.211. The average molecular weight is 389 g/mol. The third-order valence-corrected chi connectivity index (χ3v) is 4.74. The van der Waals surface area contributed by atoms with Gasteiger partial charge in [-0.3, -0.25) is 9.36 Å². The van der Waals surface area contributed by atoms with E-state index in [9.17, 15) is 14.4 Å². The van der Waals surface area contributed by atoms with Crippen molar-refractivity contribution in [1.29, 1.82) is 0 Å². The van der Waals surface area contributed by atoms with Gasteiger partial charge in [-0.2, -0.15) is 0 Å². The van der Waals surface area contributed by atoms with Crippen molar-refractivity contribution in [2.75, 3.05) is 12.4 Å². The number of ether oxygens (including phenoxy) is 1. The van der Waals surface area contributed by atoms with E-state index < -0.39 is 23.7 Å². The number of hydrogen-bond donors (Lipinski definition) is 1. The van der Waals surface area contributed by atoms with E-state index in [1.807, 2.05) is 0 Å². The van der Waals surface area contributed by atoms with Crippen LogP contribution in [0.1, 0.15) is 28.9 Å². The van der Waals surface area contributed by atoms with Gasteiger partial charge < -0.3 is 14.5 Å². The molecule has 0 fully saturated rings. The van der Waals surface area contributed by atoms with Crippen molar-refractivity contribution in [3.05, 3.63) is 63.1 Å². The maximum Gasteiger partial charge on any atom is 0.420 e. The lowest BCUT2D eigenvalue weighted by Crippen LogP contribution is -2.29. The number of fused-ring (bicyclic) bond motifs is 1. The Morgan fingerprint density at radius 2 is 2.00 bits per heavy atom. The molecule has 0 radical (unpaired) electrons. The van der Waals surface area contributed by atoms with Crippen LogP contribution in [0, 0.1) is 6.92 Å². The van der Waals surface area contributed by atoms with Gasteiger partial charge in [0.05, 0.1) is 18.2 Å². The number of aromatic nitrogens is 1. The Morgan fingerprint density at radius 3 is 2.70 bits per heavy atom. The first-order valence-corrected chi connectivity index (χ1v) is 8.50. The second-order valence-electron chi connectivity index (χ2n) is 5.99. The predicted molar refractivity (Wildman–Crippen MR) is 101 cm³/mol. The van der Waals surface area contributed by atoms with Crippen LogP contribution in [0.15, 0.2) is 45.6 Å². The van der Waals surface area contributed by atoms with Crippen LogP contribution in [0.4, 0.5) is 5.69 Å². The number of rotatable bonds is 4. The fourth-order valence-corrected chi connectivity index (χ4v) is 2.92. The molecule has 0 bridgehead atoms. The van der Waals surface area contributed by atoms with Gasteiger partial charge in [-0.15, -0.1) is 0 Å². The second-order valence-corrected chi connectivity index (χ2v) is 6.40. The van der Waals surface area contributed by atoms with E-state index in [1.54, 1.807) is 38.1 Å². The molecule has 0 saturated carbocycles. The lowest BCUT2D eigenvalue weighted by Gasteiger charge is -2.15. The van der Waals surface area contributed by atoms with E-state index in [1.165, 1.54) is 23.8 Å². The molecule has 0 aliphatic heterocycles. The highest BCUT2D eigenvalue weighted by atomic mass is 35.5. The van der Waals surface area contributed by atoms with Crippen molar-refractivity contribution in [3.63, 3.8) is 0 Å². The summed E-state index contributed by atoms with van der Waals surface area (Å²) >= 11 is 6.07. The molecule has 0 spiro atoms. The van der Waals surface area contributed by atoms with Crippen molar-refractivity contribution in [1.82, 2.24) is 4.57 Å². The number of oxazole rings is 1. The molecule has 2 aromatic carbocycles. The molecule has 3 aromatic rings. The van der Waals surface area contributed by atoms with Crippen LogP contribution in [0.25, 0.3) is 11.1 Å². The number of nitrogens with one attached hydrogen (secondary N) is 1. The summed E-state index contributed by atoms with van der Waals surface area (Å²) in [6.45, 7) is 3.37. The zero-order valence-electron chi connectivity index (χ0n) is 14.9. The summed E-state index contributed by atoms with van der Waals surface area (Å²) in [5.74, 6) is -1.64. The molecule has 1 heterocycles. The summed E-state index contributed by atoms with van der Waals surface area (Å²) in [5.41, 5.74) is 2.14. The van der Waals surface area contributed by atoms with Crippen LogP contribution in [-0.4, -0.2) is 23.6 Å². The molecule has 27 heavy (non-hydrogen) atoms. The average Bonchev–Trinajstić information content (AvgIpc) is 2.98. The number of halogens is 1. The lowest BCUT2D eigenvalue weighted by atomic mass is 10.1. The first-order chi connectivity index (χ1) is 12.8. The maximum atomic E-state index is 12.7. The summed E-state index contributed by atoms with van der Waals surface area (Å²) in [6, 6.07) is 8.79. The minimum atomic E-state index is -0.846. The van der Waals surface area contributed by atoms with Gasteiger partial charge in [0.15, 0.2) is 5.58 Å². The Hall–Kier alpha value is -3.06. The highest BCUT2D eigenvalue weighted by Gasteiger charge is 2.23. The smallest absolute Gasteiger partial charge is 0.420 e. The van der Waals surface area contributed by atoms with Gasteiger partial charge in [0.1, 0.15) is 6.04 Å². The molecule has 8 heteroatoms. The van der Waals surface area contributed by atoms with Gasteiger partial charge in [-0.05, 0) is 49.7 Å². The number of esters is 1. The standard InChI is InChI=1S/C19H17ClN2O5/c1-10-13(20)5-4-6-14(10)21-17(23)11(2)22-15-8-7-12(18(24)26-3)9-16(15)27-19(22)25/h4-9,11H,1-3H3,(H,21,23). The zero-order chi connectivity index (χ0) is 19.7. The Morgan fingerprint density at radius 1 is 1.26 bits per heavy atom. The number of methoxy groups -OCH3 is 1. The van der Waals surface area contributed by atoms with Crippen molar-refractivity contribution in [2.45, 2.75) is 19.9 Å². The number of amides is 1. The Labute approximate surface area is 159 Å². The Bertz CT molecular complexity index is 1100. The fourth-order valence-electron chi connectivity index (χ4n) is 2.75. The molecular formula is C19H17ClN2O5. The minimum Gasteiger partial charge on any atom is -0.465 e. The summed E-state index contributed by atoms with van der Waals surface area (Å²) < 4.78 is 11.1. The van der Waals surface area contributed by atoms with Crippen molar-refractivity contribution >= 4 is 40.3 Å². The number of carbonyl (C=O) groups is 2. The molecule has 1 unspecified atom stereocenters. The van der Waals surface area contributed by atoms with Gasteiger partial charge in [-0.1, -0.05) is 17.7 Å².